The summed E-state index contributed by atoms with van der Waals surface area (Å²) in [5.74, 6) is -2.96. The van der Waals surface area contributed by atoms with Gasteiger partial charge >= 0.3 is 0 Å². The molecule has 0 amide bonds. The number of nitrogens with zero attached hydrogens (tertiary/aromatic N) is 1. The molecular weight excluding hydrogens is 257 g/mol. The van der Waals surface area contributed by atoms with Crippen molar-refractivity contribution in [2.45, 2.75) is 25.4 Å². The van der Waals surface area contributed by atoms with E-state index in [9.17, 15) is 13.2 Å². The van der Waals surface area contributed by atoms with Gasteiger partial charge in [-0.1, -0.05) is 0 Å². The van der Waals surface area contributed by atoms with Crippen molar-refractivity contribution in [1.29, 1.82) is 0 Å². The second kappa shape index (κ2) is 4.70. The van der Waals surface area contributed by atoms with E-state index in [1.54, 1.807) is 0 Å². The number of nitrogens with one attached hydrogen (secondary N) is 1. The van der Waals surface area contributed by atoms with Gasteiger partial charge in [0.25, 0.3) is 0 Å². The smallest absolute Gasteiger partial charge is 0.181 e. The highest BCUT2D eigenvalue weighted by Crippen LogP contribution is 2.30. The van der Waals surface area contributed by atoms with Gasteiger partial charge in [0.2, 0.25) is 0 Å². The fourth-order valence-electron chi connectivity index (χ4n) is 1.89. The van der Waals surface area contributed by atoms with Crippen LogP contribution in [0, 0.1) is 17.5 Å². The van der Waals surface area contributed by atoms with E-state index in [2.05, 4.69) is 10.3 Å². The Morgan fingerprint density at radius 3 is 2.53 bits per heavy atom. The van der Waals surface area contributed by atoms with Gasteiger partial charge in [0, 0.05) is 24.7 Å². The minimum absolute atomic E-state index is 0.00292. The molecular formula is C13H11F3N2O. The maximum absolute atomic E-state index is 13.7. The van der Waals surface area contributed by atoms with Crippen molar-refractivity contribution in [1.82, 2.24) is 10.3 Å². The number of aromatic nitrogens is 1. The van der Waals surface area contributed by atoms with Crippen molar-refractivity contribution in [3.05, 3.63) is 41.7 Å². The van der Waals surface area contributed by atoms with Gasteiger partial charge in [-0.3, -0.25) is 0 Å². The maximum atomic E-state index is 13.7. The first-order valence-corrected chi connectivity index (χ1v) is 5.96. The lowest BCUT2D eigenvalue weighted by Gasteiger charge is -2.05. The monoisotopic (exact) mass is 268 g/mol. The molecule has 1 fully saturated rings. The Kier molecular flexibility index (Phi) is 3.02. The molecule has 0 saturated heterocycles. The molecule has 0 spiro atoms. The standard InChI is InChI=1S/C13H11F3N2O/c14-7-3-9(15)12(10(16)4-7)13-11(18-6-19-13)5-17-8-1-2-8/h3-4,6,8,17H,1-2,5H2. The largest absolute Gasteiger partial charge is 0.443 e. The Hall–Kier alpha value is -1.82. The zero-order valence-electron chi connectivity index (χ0n) is 9.92. The second-order valence-corrected chi connectivity index (χ2v) is 4.53. The highest BCUT2D eigenvalue weighted by molar-refractivity contribution is 5.61. The molecule has 2 aromatic rings. The summed E-state index contributed by atoms with van der Waals surface area (Å²) < 4.78 is 45.3. The predicted octanol–water partition coefficient (Wildman–Crippen LogP) is 3.01. The minimum atomic E-state index is -0.998. The van der Waals surface area contributed by atoms with Gasteiger partial charge in [0.05, 0.1) is 5.56 Å². The minimum Gasteiger partial charge on any atom is -0.443 e. The van der Waals surface area contributed by atoms with E-state index in [0.29, 0.717) is 30.4 Å². The van der Waals surface area contributed by atoms with E-state index in [-0.39, 0.29) is 11.3 Å². The lowest BCUT2D eigenvalue weighted by atomic mass is 10.1. The van der Waals surface area contributed by atoms with Crippen LogP contribution < -0.4 is 5.32 Å². The van der Waals surface area contributed by atoms with Crippen LogP contribution in [-0.2, 0) is 6.54 Å². The number of hydrogen-bond acceptors (Lipinski definition) is 3. The molecule has 3 rings (SSSR count). The Bertz CT molecular complexity index is 585. The Balaban J connectivity index is 1.95. The Morgan fingerprint density at radius 2 is 1.89 bits per heavy atom. The fraction of sp³-hybridized carbons (Fsp3) is 0.308. The molecule has 0 atom stereocenters. The molecule has 0 radical (unpaired) electrons. The molecule has 100 valence electrons. The molecule has 0 unspecified atom stereocenters. The molecule has 1 saturated carbocycles. The van der Waals surface area contributed by atoms with Crippen molar-refractivity contribution >= 4 is 0 Å². The van der Waals surface area contributed by atoms with Gasteiger partial charge in [0.1, 0.15) is 23.1 Å². The lowest BCUT2D eigenvalue weighted by molar-refractivity contribution is 0.524. The van der Waals surface area contributed by atoms with Gasteiger partial charge in [-0.15, -0.1) is 0 Å². The summed E-state index contributed by atoms with van der Waals surface area (Å²) in [6, 6.07) is 1.69. The van der Waals surface area contributed by atoms with Crippen molar-refractivity contribution < 1.29 is 17.6 Å². The topological polar surface area (TPSA) is 38.1 Å². The van der Waals surface area contributed by atoms with Crippen LogP contribution in [0.5, 0.6) is 0 Å². The molecule has 6 heteroatoms. The summed E-state index contributed by atoms with van der Waals surface area (Å²) in [7, 11) is 0. The number of hydrogen-bond donors (Lipinski definition) is 1. The normalized spacial score (nSPS) is 14.9. The summed E-state index contributed by atoms with van der Waals surface area (Å²) in [6.45, 7) is 0.368. The molecule has 1 N–H and O–H groups in total. The Morgan fingerprint density at radius 1 is 1.21 bits per heavy atom. The third-order valence-corrected chi connectivity index (χ3v) is 3.01. The fourth-order valence-corrected chi connectivity index (χ4v) is 1.89. The molecule has 1 aliphatic rings. The van der Waals surface area contributed by atoms with E-state index >= 15 is 0 Å². The molecule has 19 heavy (non-hydrogen) atoms. The lowest BCUT2D eigenvalue weighted by Crippen LogP contribution is -2.16. The van der Waals surface area contributed by atoms with Crippen molar-refractivity contribution in [3.8, 4) is 11.3 Å². The van der Waals surface area contributed by atoms with Gasteiger partial charge in [-0.25, -0.2) is 18.2 Å². The molecule has 0 bridgehead atoms. The molecule has 1 heterocycles. The maximum Gasteiger partial charge on any atom is 0.181 e. The average Bonchev–Trinajstić information content (AvgIpc) is 3.06. The van der Waals surface area contributed by atoms with Crippen LogP contribution in [0.25, 0.3) is 11.3 Å². The highest BCUT2D eigenvalue weighted by atomic mass is 19.1. The summed E-state index contributed by atoms with van der Waals surface area (Å²) in [6.07, 6.45) is 3.31. The summed E-state index contributed by atoms with van der Waals surface area (Å²) in [5.41, 5.74) is 0.0304. The number of oxazole rings is 1. The van der Waals surface area contributed by atoms with E-state index < -0.39 is 17.5 Å². The third kappa shape index (κ3) is 2.49. The second-order valence-electron chi connectivity index (χ2n) is 4.53. The van der Waals surface area contributed by atoms with E-state index in [0.717, 1.165) is 19.2 Å². The predicted molar refractivity (Wildman–Crippen MR) is 61.7 cm³/mol. The summed E-state index contributed by atoms with van der Waals surface area (Å²) >= 11 is 0. The van der Waals surface area contributed by atoms with Gasteiger partial charge in [-0.05, 0) is 12.8 Å². The van der Waals surface area contributed by atoms with Gasteiger partial charge in [0.15, 0.2) is 12.2 Å². The van der Waals surface area contributed by atoms with Crippen molar-refractivity contribution in [2.75, 3.05) is 0 Å². The van der Waals surface area contributed by atoms with Gasteiger partial charge in [-0.2, -0.15) is 0 Å². The number of benzene rings is 1. The first-order valence-electron chi connectivity index (χ1n) is 5.96. The van der Waals surface area contributed by atoms with Crippen LogP contribution in [-0.4, -0.2) is 11.0 Å². The molecule has 0 aliphatic heterocycles. The van der Waals surface area contributed by atoms with Gasteiger partial charge < -0.3 is 9.73 Å². The van der Waals surface area contributed by atoms with E-state index in [4.69, 9.17) is 4.42 Å². The first kappa shape index (κ1) is 12.2. The van der Waals surface area contributed by atoms with Crippen molar-refractivity contribution in [2.24, 2.45) is 0 Å². The molecule has 1 aromatic heterocycles. The first-order chi connectivity index (χ1) is 9.15. The average molecular weight is 268 g/mol. The van der Waals surface area contributed by atoms with Crippen LogP contribution in [0.2, 0.25) is 0 Å². The Labute approximate surface area is 107 Å². The molecule has 1 aromatic carbocycles. The molecule has 1 aliphatic carbocycles. The number of halogens is 3. The highest BCUT2D eigenvalue weighted by Gasteiger charge is 2.24. The summed E-state index contributed by atoms with van der Waals surface area (Å²) in [5, 5.41) is 3.18. The number of rotatable bonds is 4. The van der Waals surface area contributed by atoms with E-state index in [1.807, 2.05) is 0 Å². The zero-order valence-corrected chi connectivity index (χ0v) is 9.92. The SMILES string of the molecule is Fc1cc(F)c(-c2ocnc2CNC2CC2)c(F)c1. The van der Waals surface area contributed by atoms with Crippen LogP contribution in [0.4, 0.5) is 13.2 Å². The van der Waals surface area contributed by atoms with Crippen LogP contribution >= 0.6 is 0 Å². The summed E-state index contributed by atoms with van der Waals surface area (Å²) in [4.78, 5) is 3.94. The van der Waals surface area contributed by atoms with Crippen molar-refractivity contribution in [3.63, 3.8) is 0 Å². The quantitative estimate of drug-likeness (QED) is 0.926. The van der Waals surface area contributed by atoms with Crippen LogP contribution in [0.1, 0.15) is 18.5 Å². The third-order valence-electron chi connectivity index (χ3n) is 3.01. The molecule has 3 nitrogen and oxygen atoms in total. The van der Waals surface area contributed by atoms with E-state index in [1.165, 1.54) is 0 Å². The van der Waals surface area contributed by atoms with Crippen LogP contribution in [0.3, 0.4) is 0 Å². The zero-order chi connectivity index (χ0) is 13.4. The van der Waals surface area contributed by atoms with Crippen LogP contribution in [0.15, 0.2) is 22.9 Å².